The molecule has 2 N–H and O–H groups in total. The van der Waals surface area contributed by atoms with Crippen molar-refractivity contribution in [2.75, 3.05) is 19.5 Å². The third-order valence-corrected chi connectivity index (χ3v) is 3.42. The number of anilines is 1. The molecule has 1 unspecified atom stereocenters. The molecule has 0 spiro atoms. The van der Waals surface area contributed by atoms with E-state index in [1.54, 1.807) is 7.11 Å². The highest BCUT2D eigenvalue weighted by Crippen LogP contribution is 2.31. The minimum absolute atomic E-state index is 0.104. The molecular weight excluding hydrogens is 266 g/mol. The number of hydrogen-bond acceptors (Lipinski definition) is 4. The highest BCUT2D eigenvalue weighted by Gasteiger charge is 2.19. The summed E-state index contributed by atoms with van der Waals surface area (Å²) in [5.74, 6) is 1.29. The molecule has 2 aromatic rings. The van der Waals surface area contributed by atoms with E-state index in [9.17, 15) is 0 Å². The number of benzene rings is 1. The lowest BCUT2D eigenvalue weighted by Gasteiger charge is -2.19. The van der Waals surface area contributed by atoms with Crippen molar-refractivity contribution in [3.8, 4) is 5.75 Å². The lowest BCUT2D eigenvalue weighted by atomic mass is 10.1. The van der Waals surface area contributed by atoms with Crippen molar-refractivity contribution >= 4 is 17.0 Å². The molecule has 0 saturated carbocycles. The quantitative estimate of drug-likeness (QED) is 0.849. The Bertz CT molecular complexity index is 586. The maximum Gasteiger partial charge on any atom is 0.201 e. The number of imidazole rings is 1. The molecular formula is C16H25N3O2. The number of nitrogens with zero attached hydrogens (tertiary/aromatic N) is 2. The zero-order chi connectivity index (χ0) is 15.4. The van der Waals surface area contributed by atoms with Crippen LogP contribution in [0.25, 0.3) is 11.0 Å². The molecule has 0 aliphatic rings. The number of para-hydroxylation sites is 1. The van der Waals surface area contributed by atoms with Gasteiger partial charge in [0.2, 0.25) is 5.95 Å². The number of hydrogen-bond donors (Lipinski definition) is 1. The molecule has 5 heteroatoms. The molecule has 0 saturated heterocycles. The first kappa shape index (κ1) is 15.6. The van der Waals surface area contributed by atoms with Gasteiger partial charge in [-0.05, 0) is 32.4 Å². The summed E-state index contributed by atoms with van der Waals surface area (Å²) in [6.07, 6.45) is 2.17. The van der Waals surface area contributed by atoms with Crippen molar-refractivity contribution in [2.24, 2.45) is 0 Å². The van der Waals surface area contributed by atoms with E-state index < -0.39 is 0 Å². The van der Waals surface area contributed by atoms with E-state index in [0.29, 0.717) is 12.6 Å². The van der Waals surface area contributed by atoms with Crippen molar-refractivity contribution in [2.45, 2.75) is 45.8 Å². The average Bonchev–Trinajstić information content (AvgIpc) is 2.75. The Morgan fingerprint density at radius 3 is 2.71 bits per heavy atom. The van der Waals surface area contributed by atoms with E-state index in [1.165, 1.54) is 0 Å². The Morgan fingerprint density at radius 2 is 2.10 bits per heavy atom. The zero-order valence-corrected chi connectivity index (χ0v) is 13.3. The average molecular weight is 291 g/mol. The highest BCUT2D eigenvalue weighted by molar-refractivity contribution is 5.84. The molecule has 116 valence electrons. The van der Waals surface area contributed by atoms with Gasteiger partial charge in [0.1, 0.15) is 11.3 Å². The number of methoxy groups -OCH3 is 1. The summed E-state index contributed by atoms with van der Waals surface area (Å²) < 4.78 is 13.2. The number of rotatable bonds is 7. The summed E-state index contributed by atoms with van der Waals surface area (Å²) in [5, 5.41) is 0. The lowest BCUT2D eigenvalue weighted by molar-refractivity contribution is 0.153. The highest BCUT2D eigenvalue weighted by atomic mass is 16.5. The second-order valence-electron chi connectivity index (χ2n) is 5.53. The van der Waals surface area contributed by atoms with Gasteiger partial charge in [0, 0.05) is 7.11 Å². The van der Waals surface area contributed by atoms with Crippen LogP contribution in [-0.4, -0.2) is 29.4 Å². The summed E-state index contributed by atoms with van der Waals surface area (Å²) in [6, 6.07) is 6.14. The predicted molar refractivity (Wildman–Crippen MR) is 85.7 cm³/mol. The van der Waals surface area contributed by atoms with E-state index in [4.69, 9.17) is 15.2 Å². The van der Waals surface area contributed by atoms with Crippen LogP contribution in [0.2, 0.25) is 0 Å². The first-order chi connectivity index (χ1) is 10.1. The number of nitrogens with two attached hydrogens (primary N) is 1. The molecule has 2 rings (SSSR count). The molecule has 0 radical (unpaired) electrons. The molecule has 0 bridgehead atoms. The van der Waals surface area contributed by atoms with Gasteiger partial charge in [0.25, 0.3) is 0 Å². The van der Waals surface area contributed by atoms with Crippen LogP contribution in [0.5, 0.6) is 5.75 Å². The van der Waals surface area contributed by atoms with E-state index in [0.717, 1.165) is 29.6 Å². The van der Waals surface area contributed by atoms with Crippen LogP contribution >= 0.6 is 0 Å². The normalized spacial score (nSPS) is 13.0. The Balaban J connectivity index is 2.51. The van der Waals surface area contributed by atoms with Crippen LogP contribution in [0.1, 0.15) is 39.7 Å². The minimum atomic E-state index is 0.104. The second-order valence-corrected chi connectivity index (χ2v) is 5.53. The van der Waals surface area contributed by atoms with Crippen LogP contribution in [0.3, 0.4) is 0 Å². The number of fused-ring (bicyclic) bond motifs is 1. The number of aromatic nitrogens is 2. The van der Waals surface area contributed by atoms with Crippen molar-refractivity contribution in [3.05, 3.63) is 18.2 Å². The standard InChI is InChI=1S/C16H25N3O2/c1-5-7-12(10-20-4)19-13-8-6-9-14(21-11(2)3)15(13)18-16(19)17/h6,8-9,11-12H,5,7,10H2,1-4H3,(H2,17,18). The third kappa shape index (κ3) is 3.29. The molecule has 1 atom stereocenters. The van der Waals surface area contributed by atoms with Gasteiger partial charge in [-0.1, -0.05) is 19.4 Å². The zero-order valence-electron chi connectivity index (χ0n) is 13.3. The summed E-state index contributed by atoms with van der Waals surface area (Å²) in [7, 11) is 1.71. The predicted octanol–water partition coefficient (Wildman–Crippen LogP) is 3.39. The third-order valence-electron chi connectivity index (χ3n) is 3.42. The first-order valence-corrected chi connectivity index (χ1v) is 7.50. The van der Waals surface area contributed by atoms with Crippen LogP contribution in [0, 0.1) is 0 Å². The smallest absolute Gasteiger partial charge is 0.201 e. The van der Waals surface area contributed by atoms with Gasteiger partial charge >= 0.3 is 0 Å². The minimum Gasteiger partial charge on any atom is -0.489 e. The molecule has 1 heterocycles. The first-order valence-electron chi connectivity index (χ1n) is 7.50. The van der Waals surface area contributed by atoms with Gasteiger partial charge in [-0.25, -0.2) is 4.98 Å². The largest absolute Gasteiger partial charge is 0.489 e. The Kier molecular flexibility index (Phi) is 5.07. The molecule has 21 heavy (non-hydrogen) atoms. The number of nitrogen functional groups attached to an aromatic ring is 1. The SMILES string of the molecule is CCCC(COC)n1c(N)nc2c(OC(C)C)cccc21. The number of ether oxygens (including phenoxy) is 2. The molecule has 1 aromatic heterocycles. The summed E-state index contributed by atoms with van der Waals surface area (Å²) in [6.45, 7) is 6.79. The Hall–Kier alpha value is -1.75. The van der Waals surface area contributed by atoms with E-state index >= 15 is 0 Å². The van der Waals surface area contributed by atoms with Crippen LogP contribution < -0.4 is 10.5 Å². The van der Waals surface area contributed by atoms with E-state index in [2.05, 4.69) is 16.5 Å². The van der Waals surface area contributed by atoms with Gasteiger partial charge in [-0.3, -0.25) is 0 Å². The van der Waals surface area contributed by atoms with E-state index in [-0.39, 0.29) is 12.1 Å². The van der Waals surface area contributed by atoms with Gasteiger partial charge in [-0.2, -0.15) is 0 Å². The topological polar surface area (TPSA) is 62.3 Å². The van der Waals surface area contributed by atoms with Gasteiger partial charge in [0.05, 0.1) is 24.3 Å². The monoisotopic (exact) mass is 291 g/mol. The van der Waals surface area contributed by atoms with E-state index in [1.807, 2.05) is 32.0 Å². The van der Waals surface area contributed by atoms with Crippen LogP contribution in [0.15, 0.2) is 18.2 Å². The maximum atomic E-state index is 6.16. The summed E-state index contributed by atoms with van der Waals surface area (Å²) in [4.78, 5) is 4.51. The molecule has 1 aromatic carbocycles. The van der Waals surface area contributed by atoms with Gasteiger partial charge in [0.15, 0.2) is 0 Å². The fourth-order valence-corrected chi connectivity index (χ4v) is 2.65. The molecule has 0 amide bonds. The van der Waals surface area contributed by atoms with Crippen molar-refractivity contribution < 1.29 is 9.47 Å². The fourth-order valence-electron chi connectivity index (χ4n) is 2.65. The summed E-state index contributed by atoms with van der Waals surface area (Å²) >= 11 is 0. The summed E-state index contributed by atoms with van der Waals surface area (Å²) in [5.41, 5.74) is 7.98. The van der Waals surface area contributed by atoms with Crippen molar-refractivity contribution in [3.63, 3.8) is 0 Å². The molecule has 0 aliphatic carbocycles. The van der Waals surface area contributed by atoms with Gasteiger partial charge in [-0.15, -0.1) is 0 Å². The van der Waals surface area contributed by atoms with Crippen molar-refractivity contribution in [1.82, 2.24) is 9.55 Å². The van der Waals surface area contributed by atoms with Crippen LogP contribution in [0.4, 0.5) is 5.95 Å². The van der Waals surface area contributed by atoms with Crippen LogP contribution in [-0.2, 0) is 4.74 Å². The Labute approximate surface area is 126 Å². The molecule has 0 aliphatic heterocycles. The lowest BCUT2D eigenvalue weighted by Crippen LogP contribution is -2.16. The second kappa shape index (κ2) is 6.80. The maximum absolute atomic E-state index is 6.16. The van der Waals surface area contributed by atoms with Gasteiger partial charge < -0.3 is 19.8 Å². The Morgan fingerprint density at radius 1 is 1.33 bits per heavy atom. The molecule has 0 fully saturated rings. The molecule has 5 nitrogen and oxygen atoms in total. The fraction of sp³-hybridized carbons (Fsp3) is 0.562. The van der Waals surface area contributed by atoms with Crippen molar-refractivity contribution in [1.29, 1.82) is 0 Å².